The summed E-state index contributed by atoms with van der Waals surface area (Å²) in [5.74, 6) is -0.119. The van der Waals surface area contributed by atoms with Gasteiger partial charge in [0.15, 0.2) is 0 Å². The molecule has 25 heavy (non-hydrogen) atoms. The van der Waals surface area contributed by atoms with Gasteiger partial charge in [-0.3, -0.25) is 4.79 Å². The van der Waals surface area contributed by atoms with Gasteiger partial charge in [0.05, 0.1) is 0 Å². The average molecular weight is 393 g/mol. The number of amides is 1. The average Bonchev–Trinajstić information content (AvgIpc) is 2.99. The number of nitrogens with one attached hydrogen (secondary N) is 2. The fraction of sp³-hybridized carbons (Fsp3) is 0.0952. The minimum absolute atomic E-state index is 0.119. The van der Waals surface area contributed by atoms with Crippen LogP contribution in [-0.4, -0.2) is 10.9 Å². The Kier molecular flexibility index (Phi) is 4.06. The quantitative estimate of drug-likeness (QED) is 0.447. The van der Waals surface area contributed by atoms with Gasteiger partial charge in [-0.1, -0.05) is 53.2 Å². The van der Waals surface area contributed by atoms with Gasteiger partial charge in [0, 0.05) is 37.5 Å². The standard InChI is InChI=1S/C21H17BrN2O/c1-2-13-5-4-8-18-17-10-9-16(12-19(17)24-20(13)18)23-21(25)14-6-3-7-15(22)11-14/h3-12,24H,2H2,1H3,(H,23,25). The van der Waals surface area contributed by atoms with Crippen molar-refractivity contribution in [2.24, 2.45) is 0 Å². The first kappa shape index (κ1) is 15.9. The zero-order valence-electron chi connectivity index (χ0n) is 13.8. The van der Waals surface area contributed by atoms with E-state index < -0.39 is 0 Å². The molecule has 0 atom stereocenters. The van der Waals surface area contributed by atoms with Crippen LogP contribution in [0.2, 0.25) is 0 Å². The van der Waals surface area contributed by atoms with E-state index in [1.807, 2.05) is 30.3 Å². The highest BCUT2D eigenvalue weighted by Crippen LogP contribution is 2.30. The molecule has 3 nitrogen and oxygen atoms in total. The fourth-order valence-corrected chi connectivity index (χ4v) is 3.59. The Morgan fingerprint density at radius 2 is 1.88 bits per heavy atom. The van der Waals surface area contributed by atoms with E-state index in [0.29, 0.717) is 5.56 Å². The Morgan fingerprint density at radius 1 is 1.04 bits per heavy atom. The predicted molar refractivity (Wildman–Crippen MR) is 107 cm³/mol. The van der Waals surface area contributed by atoms with Crippen molar-refractivity contribution in [1.29, 1.82) is 0 Å². The van der Waals surface area contributed by atoms with Crippen molar-refractivity contribution in [3.8, 4) is 0 Å². The summed E-state index contributed by atoms with van der Waals surface area (Å²) in [5, 5.41) is 5.36. The SMILES string of the molecule is CCc1cccc2c1[nH]c1cc(NC(=O)c3cccc(Br)c3)ccc12. The molecular weight excluding hydrogens is 376 g/mol. The molecule has 1 heterocycles. The smallest absolute Gasteiger partial charge is 0.255 e. The number of carbonyl (C=O) groups excluding carboxylic acids is 1. The van der Waals surface area contributed by atoms with Crippen LogP contribution in [0.15, 0.2) is 65.1 Å². The molecule has 0 saturated heterocycles. The van der Waals surface area contributed by atoms with E-state index in [-0.39, 0.29) is 5.91 Å². The van der Waals surface area contributed by atoms with E-state index in [4.69, 9.17) is 0 Å². The maximum absolute atomic E-state index is 12.4. The van der Waals surface area contributed by atoms with E-state index in [2.05, 4.69) is 57.4 Å². The van der Waals surface area contributed by atoms with Crippen LogP contribution in [-0.2, 0) is 6.42 Å². The number of halogens is 1. The number of aryl methyl sites for hydroxylation is 1. The lowest BCUT2D eigenvalue weighted by atomic mass is 10.1. The predicted octanol–water partition coefficient (Wildman–Crippen LogP) is 5.90. The third-order valence-corrected chi connectivity index (χ3v) is 4.94. The Bertz CT molecular complexity index is 1100. The molecule has 124 valence electrons. The van der Waals surface area contributed by atoms with Crippen molar-refractivity contribution >= 4 is 49.3 Å². The molecule has 1 aromatic heterocycles. The lowest BCUT2D eigenvalue weighted by molar-refractivity contribution is 0.102. The largest absolute Gasteiger partial charge is 0.354 e. The van der Waals surface area contributed by atoms with Crippen molar-refractivity contribution < 1.29 is 4.79 Å². The Labute approximate surface area is 154 Å². The summed E-state index contributed by atoms with van der Waals surface area (Å²) in [5.41, 5.74) is 4.91. The highest BCUT2D eigenvalue weighted by molar-refractivity contribution is 9.10. The van der Waals surface area contributed by atoms with Gasteiger partial charge in [-0.25, -0.2) is 0 Å². The van der Waals surface area contributed by atoms with Gasteiger partial charge >= 0.3 is 0 Å². The maximum atomic E-state index is 12.4. The van der Waals surface area contributed by atoms with Crippen LogP contribution in [0, 0.1) is 0 Å². The number of hydrogen-bond acceptors (Lipinski definition) is 1. The summed E-state index contributed by atoms with van der Waals surface area (Å²) < 4.78 is 0.887. The summed E-state index contributed by atoms with van der Waals surface area (Å²) in [6.45, 7) is 2.16. The van der Waals surface area contributed by atoms with Gasteiger partial charge in [-0.15, -0.1) is 0 Å². The summed E-state index contributed by atoms with van der Waals surface area (Å²) in [4.78, 5) is 15.9. The Balaban J connectivity index is 1.72. The molecule has 0 fully saturated rings. The third-order valence-electron chi connectivity index (χ3n) is 4.45. The van der Waals surface area contributed by atoms with Crippen LogP contribution in [0.4, 0.5) is 5.69 Å². The van der Waals surface area contributed by atoms with Crippen LogP contribution in [0.5, 0.6) is 0 Å². The number of aromatic amines is 1. The van der Waals surface area contributed by atoms with Gasteiger partial charge in [-0.2, -0.15) is 0 Å². The van der Waals surface area contributed by atoms with Crippen LogP contribution in [0.25, 0.3) is 21.8 Å². The van der Waals surface area contributed by atoms with Crippen molar-refractivity contribution in [1.82, 2.24) is 4.98 Å². The summed E-state index contributed by atoms with van der Waals surface area (Å²) in [7, 11) is 0. The molecule has 4 rings (SSSR count). The zero-order chi connectivity index (χ0) is 17.4. The van der Waals surface area contributed by atoms with E-state index in [9.17, 15) is 4.79 Å². The fourth-order valence-electron chi connectivity index (χ4n) is 3.19. The second-order valence-electron chi connectivity index (χ2n) is 6.04. The van der Waals surface area contributed by atoms with Gasteiger partial charge in [-0.05, 0) is 42.3 Å². The highest BCUT2D eigenvalue weighted by atomic mass is 79.9. The number of anilines is 1. The molecule has 0 spiro atoms. The molecule has 0 unspecified atom stereocenters. The molecule has 2 N–H and O–H groups in total. The molecule has 0 saturated carbocycles. The van der Waals surface area contributed by atoms with Gasteiger partial charge in [0.1, 0.15) is 0 Å². The first-order valence-corrected chi connectivity index (χ1v) is 9.05. The Hall–Kier alpha value is -2.59. The molecule has 3 aromatic carbocycles. The molecule has 1 amide bonds. The second kappa shape index (κ2) is 6.37. The van der Waals surface area contributed by atoms with E-state index in [1.54, 1.807) is 6.07 Å². The van der Waals surface area contributed by atoms with Crippen LogP contribution in [0.1, 0.15) is 22.8 Å². The molecule has 0 aliphatic heterocycles. The highest BCUT2D eigenvalue weighted by Gasteiger charge is 2.10. The number of hydrogen-bond donors (Lipinski definition) is 2. The lowest BCUT2D eigenvalue weighted by Gasteiger charge is -2.06. The third kappa shape index (κ3) is 2.94. The van der Waals surface area contributed by atoms with Crippen molar-refractivity contribution in [2.75, 3.05) is 5.32 Å². The van der Waals surface area contributed by atoms with Crippen LogP contribution >= 0.6 is 15.9 Å². The topological polar surface area (TPSA) is 44.9 Å². The van der Waals surface area contributed by atoms with Crippen molar-refractivity contribution in [3.63, 3.8) is 0 Å². The minimum Gasteiger partial charge on any atom is -0.354 e. The Morgan fingerprint density at radius 3 is 2.68 bits per heavy atom. The zero-order valence-corrected chi connectivity index (χ0v) is 15.4. The summed E-state index contributed by atoms with van der Waals surface area (Å²) in [6.07, 6.45) is 0.983. The molecule has 4 heteroatoms. The van der Waals surface area contributed by atoms with Gasteiger partial charge < -0.3 is 10.3 Å². The van der Waals surface area contributed by atoms with Crippen LogP contribution in [0.3, 0.4) is 0 Å². The monoisotopic (exact) mass is 392 g/mol. The minimum atomic E-state index is -0.119. The molecule has 0 bridgehead atoms. The lowest BCUT2D eigenvalue weighted by Crippen LogP contribution is -2.11. The van der Waals surface area contributed by atoms with E-state index in [1.165, 1.54) is 21.9 Å². The normalized spacial score (nSPS) is 11.1. The maximum Gasteiger partial charge on any atom is 0.255 e. The first-order chi connectivity index (χ1) is 12.2. The molecule has 0 aliphatic carbocycles. The van der Waals surface area contributed by atoms with Crippen molar-refractivity contribution in [2.45, 2.75) is 13.3 Å². The second-order valence-corrected chi connectivity index (χ2v) is 6.96. The number of carbonyl (C=O) groups is 1. The van der Waals surface area contributed by atoms with E-state index >= 15 is 0 Å². The number of aromatic nitrogens is 1. The molecular formula is C21H17BrN2O. The molecule has 0 aliphatic rings. The van der Waals surface area contributed by atoms with Gasteiger partial charge in [0.2, 0.25) is 0 Å². The van der Waals surface area contributed by atoms with Gasteiger partial charge in [0.25, 0.3) is 5.91 Å². The first-order valence-electron chi connectivity index (χ1n) is 8.26. The number of benzene rings is 3. The molecule has 4 aromatic rings. The molecule has 0 radical (unpaired) electrons. The summed E-state index contributed by atoms with van der Waals surface area (Å²) >= 11 is 3.40. The number of para-hydroxylation sites is 1. The van der Waals surface area contributed by atoms with Crippen LogP contribution < -0.4 is 5.32 Å². The summed E-state index contributed by atoms with van der Waals surface area (Å²) in [6, 6.07) is 19.7. The number of H-pyrrole nitrogens is 1. The van der Waals surface area contributed by atoms with E-state index in [0.717, 1.165) is 22.1 Å². The van der Waals surface area contributed by atoms with Crippen molar-refractivity contribution in [3.05, 3.63) is 76.3 Å². The number of fused-ring (bicyclic) bond motifs is 3. The number of rotatable bonds is 3.